The van der Waals surface area contributed by atoms with Crippen LogP contribution in [0.15, 0.2) is 11.6 Å². The van der Waals surface area contributed by atoms with Crippen LogP contribution in [-0.4, -0.2) is 47.6 Å². The summed E-state index contributed by atoms with van der Waals surface area (Å²) in [5, 5.41) is 13.1. The summed E-state index contributed by atoms with van der Waals surface area (Å²) in [6.45, 7) is 0.937. The van der Waals surface area contributed by atoms with Crippen LogP contribution in [0.2, 0.25) is 0 Å². The molecule has 1 saturated heterocycles. The summed E-state index contributed by atoms with van der Waals surface area (Å²) in [4.78, 5) is 25.8. The Kier molecular flexibility index (Phi) is 4.26. The molecule has 2 N–H and O–H groups in total. The number of hydrogen-bond donors (Lipinski definition) is 2. The van der Waals surface area contributed by atoms with Gasteiger partial charge in [0.25, 0.3) is 0 Å². The molecule has 1 unspecified atom stereocenters. The molecule has 5 heteroatoms. The second-order valence-corrected chi connectivity index (χ2v) is 7.13. The molecular formula is C17H26N2O3. The van der Waals surface area contributed by atoms with Gasteiger partial charge in [-0.15, -0.1) is 0 Å². The van der Waals surface area contributed by atoms with E-state index < -0.39 is 5.60 Å². The number of nitrogens with zero attached hydrogens (tertiary/aromatic N) is 1. The van der Waals surface area contributed by atoms with E-state index in [9.17, 15) is 14.7 Å². The molecule has 2 saturated carbocycles. The minimum atomic E-state index is -1.08. The van der Waals surface area contributed by atoms with Gasteiger partial charge >= 0.3 is 0 Å². The van der Waals surface area contributed by atoms with E-state index in [4.69, 9.17) is 0 Å². The highest BCUT2D eigenvalue weighted by Crippen LogP contribution is 2.48. The molecule has 122 valence electrons. The van der Waals surface area contributed by atoms with Gasteiger partial charge in [0.15, 0.2) is 0 Å². The molecule has 0 radical (unpaired) electrons. The first-order chi connectivity index (χ1) is 10.5. The van der Waals surface area contributed by atoms with Crippen LogP contribution in [0.4, 0.5) is 0 Å². The average Bonchev–Trinajstić information content (AvgIpc) is 3.37. The quantitative estimate of drug-likeness (QED) is 0.750. The summed E-state index contributed by atoms with van der Waals surface area (Å²) in [7, 11) is 1.57. The molecule has 3 rings (SSSR count). The lowest BCUT2D eigenvalue weighted by molar-refractivity contribution is -0.138. The summed E-state index contributed by atoms with van der Waals surface area (Å²) in [6, 6.07) is 0. The Balaban J connectivity index is 1.64. The molecule has 5 nitrogen and oxygen atoms in total. The van der Waals surface area contributed by atoms with Gasteiger partial charge < -0.3 is 15.3 Å². The van der Waals surface area contributed by atoms with Crippen LogP contribution >= 0.6 is 0 Å². The molecule has 2 amide bonds. The predicted molar refractivity (Wildman–Crippen MR) is 83.0 cm³/mol. The standard InChI is InChI=1S/C17H26N2O3/c1-18-15(20)10-17(22)7-2-8-19(11-17)16(21)9-14(12-3-4-12)13-5-6-13/h9,12-13,22H,2-8,10-11H2,1H3,(H,18,20). The van der Waals surface area contributed by atoms with Crippen LogP contribution in [-0.2, 0) is 9.59 Å². The zero-order valence-corrected chi connectivity index (χ0v) is 13.3. The molecule has 0 spiro atoms. The molecule has 1 aliphatic heterocycles. The number of carbonyl (C=O) groups is 2. The number of β-amino-alcohol motifs (C(OH)–C–C–N with tert-alkyl or cyclic N) is 1. The fourth-order valence-electron chi connectivity index (χ4n) is 3.47. The molecule has 0 aromatic carbocycles. The first kappa shape index (κ1) is 15.5. The third kappa shape index (κ3) is 3.69. The van der Waals surface area contributed by atoms with Gasteiger partial charge in [-0.25, -0.2) is 0 Å². The van der Waals surface area contributed by atoms with Gasteiger partial charge in [0.2, 0.25) is 11.8 Å². The number of likely N-dealkylation sites (tertiary alicyclic amines) is 1. The van der Waals surface area contributed by atoms with Crippen molar-refractivity contribution < 1.29 is 14.7 Å². The number of piperidine rings is 1. The SMILES string of the molecule is CNC(=O)CC1(O)CCCN(C(=O)C=C(C2CC2)C2CC2)C1. The normalized spacial score (nSPS) is 28.2. The van der Waals surface area contributed by atoms with Crippen LogP contribution in [0.1, 0.15) is 44.9 Å². The van der Waals surface area contributed by atoms with Crippen LogP contribution < -0.4 is 5.32 Å². The van der Waals surface area contributed by atoms with Gasteiger partial charge in [0, 0.05) is 19.7 Å². The molecule has 1 atom stereocenters. The number of allylic oxidation sites excluding steroid dienone is 1. The second kappa shape index (κ2) is 6.03. The molecular weight excluding hydrogens is 280 g/mol. The lowest BCUT2D eigenvalue weighted by Crippen LogP contribution is -2.51. The average molecular weight is 306 g/mol. The summed E-state index contributed by atoms with van der Waals surface area (Å²) in [5.41, 5.74) is 0.256. The molecule has 0 aromatic heterocycles. The lowest BCUT2D eigenvalue weighted by atomic mass is 9.89. The molecule has 0 bridgehead atoms. The van der Waals surface area contributed by atoms with Gasteiger partial charge in [-0.05, 0) is 50.4 Å². The van der Waals surface area contributed by atoms with Crippen LogP contribution in [0.5, 0.6) is 0 Å². The highest BCUT2D eigenvalue weighted by atomic mass is 16.3. The van der Waals surface area contributed by atoms with Crippen LogP contribution in [0, 0.1) is 11.8 Å². The van der Waals surface area contributed by atoms with Crippen LogP contribution in [0.25, 0.3) is 0 Å². The van der Waals surface area contributed by atoms with Gasteiger partial charge in [-0.1, -0.05) is 5.57 Å². The smallest absolute Gasteiger partial charge is 0.246 e. The van der Waals surface area contributed by atoms with Gasteiger partial charge in [-0.3, -0.25) is 9.59 Å². The van der Waals surface area contributed by atoms with Crippen molar-refractivity contribution in [2.75, 3.05) is 20.1 Å². The second-order valence-electron chi connectivity index (χ2n) is 7.13. The summed E-state index contributed by atoms with van der Waals surface area (Å²) in [5.74, 6) is 1.10. The van der Waals surface area contributed by atoms with E-state index >= 15 is 0 Å². The highest BCUT2D eigenvalue weighted by Gasteiger charge is 2.39. The van der Waals surface area contributed by atoms with E-state index in [2.05, 4.69) is 5.32 Å². The molecule has 2 aliphatic carbocycles. The van der Waals surface area contributed by atoms with Crippen molar-refractivity contribution in [2.24, 2.45) is 11.8 Å². The van der Waals surface area contributed by atoms with E-state index in [0.29, 0.717) is 24.8 Å². The van der Waals surface area contributed by atoms with Crippen molar-refractivity contribution >= 4 is 11.8 Å². The maximum Gasteiger partial charge on any atom is 0.246 e. The van der Waals surface area contributed by atoms with E-state index in [-0.39, 0.29) is 24.8 Å². The Labute approximate surface area is 131 Å². The largest absolute Gasteiger partial charge is 0.388 e. The highest BCUT2D eigenvalue weighted by molar-refractivity contribution is 5.89. The number of rotatable bonds is 5. The number of hydrogen-bond acceptors (Lipinski definition) is 3. The molecule has 0 aromatic rings. The Bertz CT molecular complexity index is 480. The van der Waals surface area contributed by atoms with E-state index in [1.807, 2.05) is 6.08 Å². The minimum absolute atomic E-state index is 0.0174. The number of aliphatic hydroxyl groups is 1. The monoisotopic (exact) mass is 306 g/mol. The lowest BCUT2D eigenvalue weighted by Gasteiger charge is -2.38. The topological polar surface area (TPSA) is 69.6 Å². The third-order valence-corrected chi connectivity index (χ3v) is 5.02. The Morgan fingerprint density at radius 2 is 1.91 bits per heavy atom. The van der Waals surface area contributed by atoms with Crippen LogP contribution in [0.3, 0.4) is 0 Å². The summed E-state index contributed by atoms with van der Waals surface area (Å²) in [6.07, 6.45) is 8.09. The van der Waals surface area contributed by atoms with E-state index in [1.165, 1.54) is 31.3 Å². The summed E-state index contributed by atoms with van der Waals surface area (Å²) >= 11 is 0. The fraction of sp³-hybridized carbons (Fsp3) is 0.765. The van der Waals surface area contributed by atoms with Crippen molar-refractivity contribution in [2.45, 2.75) is 50.5 Å². The zero-order chi connectivity index (χ0) is 15.7. The molecule has 3 aliphatic rings. The van der Waals surface area contributed by atoms with Crippen molar-refractivity contribution in [1.82, 2.24) is 10.2 Å². The number of carbonyl (C=O) groups excluding carboxylic acids is 2. The zero-order valence-electron chi connectivity index (χ0n) is 13.3. The summed E-state index contributed by atoms with van der Waals surface area (Å²) < 4.78 is 0. The van der Waals surface area contributed by atoms with Crippen molar-refractivity contribution in [3.8, 4) is 0 Å². The van der Waals surface area contributed by atoms with Crippen molar-refractivity contribution in [3.05, 3.63) is 11.6 Å². The van der Waals surface area contributed by atoms with Crippen molar-refractivity contribution in [3.63, 3.8) is 0 Å². The van der Waals surface area contributed by atoms with E-state index in [1.54, 1.807) is 11.9 Å². The minimum Gasteiger partial charge on any atom is -0.388 e. The Hall–Kier alpha value is -1.36. The maximum atomic E-state index is 12.6. The fourth-order valence-corrected chi connectivity index (χ4v) is 3.47. The van der Waals surface area contributed by atoms with Crippen molar-refractivity contribution in [1.29, 1.82) is 0 Å². The van der Waals surface area contributed by atoms with Gasteiger partial charge in [0.05, 0.1) is 18.6 Å². The third-order valence-electron chi connectivity index (χ3n) is 5.02. The number of nitrogens with one attached hydrogen (secondary N) is 1. The number of amides is 2. The maximum absolute atomic E-state index is 12.6. The first-order valence-corrected chi connectivity index (χ1v) is 8.44. The predicted octanol–water partition coefficient (Wildman–Crippen LogP) is 1.22. The van der Waals surface area contributed by atoms with E-state index in [0.717, 1.165) is 6.42 Å². The Morgan fingerprint density at radius 3 is 2.45 bits per heavy atom. The molecule has 1 heterocycles. The Morgan fingerprint density at radius 1 is 1.27 bits per heavy atom. The van der Waals surface area contributed by atoms with Gasteiger partial charge in [-0.2, -0.15) is 0 Å². The first-order valence-electron chi connectivity index (χ1n) is 8.44. The molecule has 22 heavy (non-hydrogen) atoms. The molecule has 3 fully saturated rings. The van der Waals surface area contributed by atoms with Gasteiger partial charge in [0.1, 0.15) is 0 Å².